The second-order valence-corrected chi connectivity index (χ2v) is 9.19. The molecule has 1 atom stereocenters. The Bertz CT molecular complexity index is 1190. The summed E-state index contributed by atoms with van der Waals surface area (Å²) >= 11 is 0.758. The number of primary amides is 1. The Balaban J connectivity index is 1.46. The third-order valence-electron chi connectivity index (χ3n) is 5.91. The number of benzene rings is 1. The first-order valence-electron chi connectivity index (χ1n) is 10.6. The Hall–Kier alpha value is -3.09. The highest BCUT2D eigenvalue weighted by molar-refractivity contribution is 7.21. The summed E-state index contributed by atoms with van der Waals surface area (Å²) in [6, 6.07) is 7.34. The molecular formula is C22H24F3N5O3S. The highest BCUT2D eigenvalue weighted by atomic mass is 32.1. The smallest absolute Gasteiger partial charge is 0.417 e. The zero-order valence-corrected chi connectivity index (χ0v) is 18.8. The van der Waals surface area contributed by atoms with Crippen LogP contribution in [0, 0.1) is 0 Å². The first kappa shape index (κ1) is 24.0. The maximum Gasteiger partial charge on any atom is 0.417 e. The van der Waals surface area contributed by atoms with Gasteiger partial charge in [0.15, 0.2) is 0 Å². The van der Waals surface area contributed by atoms with Crippen molar-refractivity contribution < 1.29 is 28.2 Å². The number of hydrogen-bond donors (Lipinski definition) is 5. The number of aliphatic hydroxyl groups excluding tert-OH is 1. The number of phenolic OH excluding ortho intramolecular Hbond substituents is 1. The molecule has 1 aliphatic rings. The fourth-order valence-electron chi connectivity index (χ4n) is 4.08. The van der Waals surface area contributed by atoms with Crippen molar-refractivity contribution in [3.05, 3.63) is 46.3 Å². The van der Waals surface area contributed by atoms with Gasteiger partial charge in [-0.25, -0.2) is 4.98 Å². The molecule has 0 aliphatic carbocycles. The predicted molar refractivity (Wildman–Crippen MR) is 124 cm³/mol. The molecule has 0 radical (unpaired) electrons. The van der Waals surface area contributed by atoms with E-state index in [0.29, 0.717) is 38.0 Å². The Kier molecular flexibility index (Phi) is 6.56. The van der Waals surface area contributed by atoms with Crippen molar-refractivity contribution in [2.45, 2.75) is 31.2 Å². The van der Waals surface area contributed by atoms with Gasteiger partial charge in [-0.1, -0.05) is 12.1 Å². The molecule has 8 nitrogen and oxygen atoms in total. The number of halogens is 3. The van der Waals surface area contributed by atoms with Crippen LogP contribution in [0.15, 0.2) is 30.3 Å². The van der Waals surface area contributed by atoms with Crippen molar-refractivity contribution in [2.24, 2.45) is 5.73 Å². The average Bonchev–Trinajstić information content (AvgIpc) is 3.13. The number of piperidine rings is 1. The number of carbonyl (C=O) groups is 1. The van der Waals surface area contributed by atoms with Crippen LogP contribution in [-0.4, -0.2) is 46.8 Å². The second kappa shape index (κ2) is 9.28. The lowest BCUT2D eigenvalue weighted by Crippen LogP contribution is -2.44. The summed E-state index contributed by atoms with van der Waals surface area (Å²) in [4.78, 5) is 17.6. The number of thiophene rings is 1. The molecule has 0 bridgehead atoms. The monoisotopic (exact) mass is 495 g/mol. The molecule has 4 rings (SSSR count). The van der Waals surface area contributed by atoms with Crippen LogP contribution >= 0.6 is 11.3 Å². The number of aliphatic hydroxyl groups is 1. The minimum Gasteiger partial charge on any atom is -0.508 e. The molecule has 12 heteroatoms. The Morgan fingerprint density at radius 3 is 2.50 bits per heavy atom. The van der Waals surface area contributed by atoms with Crippen LogP contribution < -0.4 is 21.7 Å². The van der Waals surface area contributed by atoms with E-state index in [9.17, 15) is 28.2 Å². The van der Waals surface area contributed by atoms with Crippen molar-refractivity contribution in [1.82, 2.24) is 10.3 Å². The summed E-state index contributed by atoms with van der Waals surface area (Å²) in [5, 5.41) is 22.7. The summed E-state index contributed by atoms with van der Waals surface area (Å²) < 4.78 is 41.4. The highest BCUT2D eigenvalue weighted by Gasteiger charge is 2.37. The Labute approximate surface area is 197 Å². The van der Waals surface area contributed by atoms with E-state index in [4.69, 9.17) is 11.5 Å². The lowest BCUT2D eigenvalue weighted by molar-refractivity contribution is -0.136. The number of nitrogen functional groups attached to an aromatic ring is 1. The molecule has 3 aromatic rings. The molecule has 1 aromatic carbocycles. The van der Waals surface area contributed by atoms with E-state index in [2.05, 4.69) is 10.3 Å². The average molecular weight is 496 g/mol. The number of aromatic hydroxyl groups is 1. The Morgan fingerprint density at radius 2 is 1.91 bits per heavy atom. The van der Waals surface area contributed by atoms with Gasteiger partial charge < -0.3 is 31.9 Å². The van der Waals surface area contributed by atoms with Crippen LogP contribution in [0.3, 0.4) is 0 Å². The largest absolute Gasteiger partial charge is 0.508 e. The SMILES string of the molecule is NC(=O)c1sc2nc(N3CCC(NCC(O)c4ccc(O)cc4)CC3)cc(C(F)(F)F)c2c1N. The van der Waals surface area contributed by atoms with Gasteiger partial charge in [-0.05, 0) is 36.6 Å². The summed E-state index contributed by atoms with van der Waals surface area (Å²) in [5.41, 5.74) is 10.5. The van der Waals surface area contributed by atoms with Crippen LogP contribution in [0.25, 0.3) is 10.2 Å². The highest BCUT2D eigenvalue weighted by Crippen LogP contribution is 2.43. The molecule has 182 valence electrons. The maximum atomic E-state index is 13.8. The molecule has 7 N–H and O–H groups in total. The van der Waals surface area contributed by atoms with Crippen molar-refractivity contribution in [1.29, 1.82) is 0 Å². The first-order valence-corrected chi connectivity index (χ1v) is 11.4. The van der Waals surface area contributed by atoms with Gasteiger partial charge in [0.25, 0.3) is 5.91 Å². The molecule has 1 unspecified atom stereocenters. The maximum absolute atomic E-state index is 13.8. The number of aromatic nitrogens is 1. The van der Waals surface area contributed by atoms with Gasteiger partial charge >= 0.3 is 6.18 Å². The van der Waals surface area contributed by atoms with Crippen LogP contribution in [0.2, 0.25) is 0 Å². The van der Waals surface area contributed by atoms with Gasteiger partial charge in [-0.2, -0.15) is 13.2 Å². The first-order chi connectivity index (χ1) is 16.0. The molecule has 2 aromatic heterocycles. The number of carbonyl (C=O) groups excluding carboxylic acids is 1. The lowest BCUT2D eigenvalue weighted by atomic mass is 10.0. The van der Waals surface area contributed by atoms with E-state index in [1.807, 2.05) is 0 Å². The second-order valence-electron chi connectivity index (χ2n) is 8.19. The number of alkyl halides is 3. The van der Waals surface area contributed by atoms with Crippen molar-refractivity contribution in [3.63, 3.8) is 0 Å². The number of hydrogen-bond acceptors (Lipinski definition) is 8. The number of rotatable bonds is 6. The fraction of sp³-hybridized carbons (Fsp3) is 0.364. The summed E-state index contributed by atoms with van der Waals surface area (Å²) in [6.45, 7) is 1.24. The summed E-state index contributed by atoms with van der Waals surface area (Å²) in [6.07, 6.45) is -4.14. The molecule has 1 amide bonds. The van der Waals surface area contributed by atoms with E-state index in [-0.39, 0.29) is 38.4 Å². The van der Waals surface area contributed by atoms with E-state index in [1.165, 1.54) is 12.1 Å². The predicted octanol–water partition coefficient (Wildman–Crippen LogP) is 2.99. The molecular weight excluding hydrogens is 471 g/mol. The summed E-state index contributed by atoms with van der Waals surface area (Å²) in [7, 11) is 0. The summed E-state index contributed by atoms with van der Waals surface area (Å²) in [5.74, 6) is -0.607. The number of amides is 1. The van der Waals surface area contributed by atoms with Crippen LogP contribution in [0.1, 0.15) is 39.7 Å². The number of pyridine rings is 1. The molecule has 1 aliphatic heterocycles. The normalized spacial score (nSPS) is 16.2. The topological polar surface area (TPSA) is 138 Å². The van der Waals surface area contributed by atoms with Crippen molar-refractivity contribution in [3.8, 4) is 5.75 Å². The molecule has 3 heterocycles. The zero-order valence-electron chi connectivity index (χ0n) is 18.0. The van der Waals surface area contributed by atoms with Crippen LogP contribution in [0.4, 0.5) is 24.7 Å². The minimum absolute atomic E-state index is 0.0217. The van der Waals surface area contributed by atoms with Crippen LogP contribution in [0.5, 0.6) is 5.75 Å². The van der Waals surface area contributed by atoms with Gasteiger partial charge in [-0.3, -0.25) is 4.79 Å². The van der Waals surface area contributed by atoms with E-state index in [0.717, 1.165) is 17.4 Å². The third-order valence-corrected chi connectivity index (χ3v) is 7.03. The van der Waals surface area contributed by atoms with Crippen molar-refractivity contribution >= 4 is 39.0 Å². The zero-order chi connectivity index (χ0) is 24.6. The van der Waals surface area contributed by atoms with E-state index < -0.39 is 23.8 Å². The lowest BCUT2D eigenvalue weighted by Gasteiger charge is -2.34. The number of fused-ring (bicyclic) bond motifs is 1. The quantitative estimate of drug-likeness (QED) is 0.354. The van der Waals surface area contributed by atoms with Gasteiger partial charge in [0.2, 0.25) is 0 Å². The molecule has 0 spiro atoms. The van der Waals surface area contributed by atoms with Gasteiger partial charge in [0.1, 0.15) is 21.3 Å². The van der Waals surface area contributed by atoms with Gasteiger partial charge in [0.05, 0.1) is 17.4 Å². The number of nitrogens with zero attached hydrogens (tertiary/aromatic N) is 2. The standard InChI is InChI=1S/C22H24F3N5O3S/c23-22(24,25)14-9-16(29-21-17(14)18(26)19(34-21)20(27)33)30-7-5-12(6-8-30)28-10-15(32)11-1-3-13(31)4-2-11/h1-4,9,12,15,28,31-32H,5-8,10,26H2,(H2,27,33). The van der Waals surface area contributed by atoms with E-state index in [1.54, 1.807) is 17.0 Å². The Morgan fingerprint density at radius 1 is 1.26 bits per heavy atom. The number of phenols is 1. The molecule has 1 fully saturated rings. The fourth-order valence-corrected chi connectivity index (χ4v) is 5.05. The third kappa shape index (κ3) is 4.88. The molecule has 34 heavy (non-hydrogen) atoms. The van der Waals surface area contributed by atoms with Gasteiger partial charge in [-0.15, -0.1) is 11.3 Å². The van der Waals surface area contributed by atoms with E-state index >= 15 is 0 Å². The number of nitrogens with one attached hydrogen (secondary N) is 1. The van der Waals surface area contributed by atoms with Crippen molar-refractivity contribution in [2.75, 3.05) is 30.3 Å². The number of nitrogens with two attached hydrogens (primary N) is 2. The van der Waals surface area contributed by atoms with Gasteiger partial charge in [0, 0.05) is 31.1 Å². The van der Waals surface area contributed by atoms with Crippen LogP contribution in [-0.2, 0) is 6.18 Å². The molecule has 0 saturated carbocycles. The number of anilines is 2. The molecule has 1 saturated heterocycles. The minimum atomic E-state index is -4.68.